The fraction of sp³-hybridized carbons (Fsp3) is 0.429. The van der Waals surface area contributed by atoms with Gasteiger partial charge in [0, 0.05) is 18.7 Å². The van der Waals surface area contributed by atoms with Crippen molar-refractivity contribution in [1.29, 1.82) is 5.26 Å². The number of hydrogen-bond donors (Lipinski definition) is 1. The Balaban J connectivity index is 1.71. The molecule has 0 saturated heterocycles. The van der Waals surface area contributed by atoms with Gasteiger partial charge < -0.3 is 19.6 Å². The molecule has 1 aromatic carbocycles. The lowest BCUT2D eigenvalue weighted by atomic mass is 9.91. The Morgan fingerprint density at radius 3 is 2.76 bits per heavy atom. The Labute approximate surface area is 185 Å². The molecule has 33 heavy (non-hydrogen) atoms. The van der Waals surface area contributed by atoms with Crippen LogP contribution in [0.2, 0.25) is 0 Å². The fourth-order valence-electron chi connectivity index (χ4n) is 3.42. The number of alkyl halides is 3. The van der Waals surface area contributed by atoms with Crippen LogP contribution < -0.4 is 5.32 Å². The first kappa shape index (κ1) is 24.2. The van der Waals surface area contributed by atoms with Crippen LogP contribution in [-0.4, -0.2) is 55.7 Å². The molecule has 1 amide bonds. The van der Waals surface area contributed by atoms with Crippen molar-refractivity contribution >= 4 is 17.6 Å². The molecule has 0 saturated carbocycles. The van der Waals surface area contributed by atoms with E-state index in [1.54, 1.807) is 6.07 Å². The number of methoxy groups -OCH3 is 1. The number of amides is 1. The summed E-state index contributed by atoms with van der Waals surface area (Å²) >= 11 is 0. The van der Waals surface area contributed by atoms with Crippen molar-refractivity contribution in [3.63, 3.8) is 0 Å². The van der Waals surface area contributed by atoms with Crippen LogP contribution in [0.4, 0.5) is 17.6 Å². The van der Waals surface area contributed by atoms with E-state index in [2.05, 4.69) is 15.3 Å². The average molecular weight is 469 g/mol. The highest BCUT2D eigenvalue weighted by atomic mass is 19.4. The summed E-state index contributed by atoms with van der Waals surface area (Å²) in [5.74, 6) is -3.93. The van der Waals surface area contributed by atoms with E-state index in [0.29, 0.717) is 0 Å². The summed E-state index contributed by atoms with van der Waals surface area (Å²) in [6, 6.07) is 4.28. The van der Waals surface area contributed by atoms with E-state index in [0.717, 1.165) is 12.1 Å². The van der Waals surface area contributed by atoms with Crippen LogP contribution in [0.1, 0.15) is 24.0 Å². The number of rotatable bonds is 7. The van der Waals surface area contributed by atoms with Crippen LogP contribution in [0.5, 0.6) is 0 Å². The zero-order valence-corrected chi connectivity index (χ0v) is 17.3. The number of nitrogens with zero attached hydrogens (tertiary/aromatic N) is 2. The molecule has 0 aromatic heterocycles. The first-order valence-corrected chi connectivity index (χ1v) is 9.78. The van der Waals surface area contributed by atoms with E-state index in [-0.39, 0.29) is 30.8 Å². The molecule has 176 valence electrons. The third-order valence-electron chi connectivity index (χ3n) is 5.22. The molecule has 0 radical (unpaired) electrons. The summed E-state index contributed by atoms with van der Waals surface area (Å²) in [7, 11) is 1.43. The lowest BCUT2D eigenvalue weighted by molar-refractivity contribution is -0.259. The monoisotopic (exact) mass is 469 g/mol. The highest BCUT2D eigenvalue weighted by molar-refractivity contribution is 6.06. The number of benzene rings is 1. The zero-order valence-electron chi connectivity index (χ0n) is 17.3. The van der Waals surface area contributed by atoms with E-state index in [1.165, 1.54) is 25.3 Å². The molecule has 1 N–H and O–H groups in total. The summed E-state index contributed by atoms with van der Waals surface area (Å²) in [6.45, 7) is 0.208. The van der Waals surface area contributed by atoms with Crippen molar-refractivity contribution in [3.8, 4) is 6.07 Å². The topological polar surface area (TPSA) is 110 Å². The van der Waals surface area contributed by atoms with Crippen LogP contribution in [0.15, 0.2) is 35.5 Å². The predicted molar refractivity (Wildman–Crippen MR) is 104 cm³/mol. The number of ether oxygens (including phenoxy) is 2. The van der Waals surface area contributed by atoms with Crippen molar-refractivity contribution in [2.75, 3.05) is 20.3 Å². The van der Waals surface area contributed by atoms with Gasteiger partial charge in [0.25, 0.3) is 5.91 Å². The molecule has 1 heterocycles. The molecule has 0 spiro atoms. The number of carbonyl (C=O) groups is 2. The molecule has 8 nitrogen and oxygen atoms in total. The number of nitrogens with one attached hydrogen (secondary N) is 1. The SMILES string of the molecule is COCCOC(=O)[C@@H]1C=C[C@H](NC(=O)[C@@]2(C(F)(F)F)CC(c3cccc(C#N)c3F)=NO2)C1. The minimum atomic E-state index is -5.19. The van der Waals surface area contributed by atoms with E-state index in [4.69, 9.17) is 14.7 Å². The van der Waals surface area contributed by atoms with Gasteiger partial charge in [-0.25, -0.2) is 4.39 Å². The summed E-state index contributed by atoms with van der Waals surface area (Å²) in [6.07, 6.45) is -3.46. The molecule has 1 aliphatic heterocycles. The molecule has 1 aromatic rings. The Hall–Kier alpha value is -3.46. The summed E-state index contributed by atoms with van der Waals surface area (Å²) in [5, 5.41) is 14.5. The molecule has 1 aliphatic carbocycles. The van der Waals surface area contributed by atoms with Gasteiger partial charge in [0.1, 0.15) is 18.5 Å². The molecular formula is C21H19F4N3O5. The number of halogens is 4. The van der Waals surface area contributed by atoms with Crippen LogP contribution in [-0.2, 0) is 23.9 Å². The van der Waals surface area contributed by atoms with Gasteiger partial charge in [-0.15, -0.1) is 0 Å². The van der Waals surface area contributed by atoms with Gasteiger partial charge in [0.15, 0.2) is 0 Å². The number of hydrogen-bond acceptors (Lipinski definition) is 7. The quantitative estimate of drug-likeness (QED) is 0.284. The van der Waals surface area contributed by atoms with Crippen LogP contribution in [0.3, 0.4) is 0 Å². The van der Waals surface area contributed by atoms with E-state index >= 15 is 0 Å². The van der Waals surface area contributed by atoms with Gasteiger partial charge in [-0.3, -0.25) is 9.59 Å². The Kier molecular flexibility index (Phi) is 7.02. The predicted octanol–water partition coefficient (Wildman–Crippen LogP) is 2.37. The Bertz CT molecular complexity index is 1030. The van der Waals surface area contributed by atoms with E-state index in [9.17, 15) is 27.2 Å². The molecule has 0 fully saturated rings. The molecule has 0 unspecified atom stereocenters. The highest BCUT2D eigenvalue weighted by Gasteiger charge is 2.67. The third kappa shape index (κ3) is 4.83. The summed E-state index contributed by atoms with van der Waals surface area (Å²) in [5.41, 5.74) is -4.60. The van der Waals surface area contributed by atoms with Crippen LogP contribution >= 0.6 is 0 Å². The molecule has 12 heteroatoms. The maximum absolute atomic E-state index is 14.4. The zero-order chi connectivity index (χ0) is 24.2. The maximum atomic E-state index is 14.4. The van der Waals surface area contributed by atoms with Crippen molar-refractivity contribution in [2.45, 2.75) is 30.7 Å². The van der Waals surface area contributed by atoms with Gasteiger partial charge in [-0.1, -0.05) is 23.4 Å². The molecule has 2 aliphatic rings. The standard InChI is InChI=1S/C21H19F4N3O5/c1-31-7-8-32-18(29)12-5-6-14(9-12)27-19(30)20(21(23,24)25)10-16(28-33-20)15-4-2-3-13(11-26)17(15)22/h2-6,12,14H,7-10H2,1H3,(H,27,30)/t12-,14+,20-/m1/s1. The van der Waals surface area contributed by atoms with Gasteiger partial charge in [-0.05, 0) is 18.6 Å². The number of carbonyl (C=O) groups excluding carboxylic acids is 2. The van der Waals surface area contributed by atoms with Gasteiger partial charge >= 0.3 is 17.7 Å². The van der Waals surface area contributed by atoms with Gasteiger partial charge in [-0.2, -0.15) is 18.4 Å². The maximum Gasteiger partial charge on any atom is 0.440 e. The van der Waals surface area contributed by atoms with Crippen LogP contribution in [0.25, 0.3) is 0 Å². The van der Waals surface area contributed by atoms with Crippen molar-refractivity contribution in [1.82, 2.24) is 5.32 Å². The van der Waals surface area contributed by atoms with Crippen LogP contribution in [0, 0.1) is 23.1 Å². The second-order valence-electron chi connectivity index (χ2n) is 7.38. The van der Waals surface area contributed by atoms with Crippen molar-refractivity contribution in [2.24, 2.45) is 11.1 Å². The Morgan fingerprint density at radius 1 is 1.33 bits per heavy atom. The number of esters is 1. The lowest BCUT2D eigenvalue weighted by Gasteiger charge is -2.29. The molecule has 3 atom stereocenters. The van der Waals surface area contributed by atoms with Crippen molar-refractivity contribution in [3.05, 3.63) is 47.3 Å². The number of nitriles is 1. The minimum absolute atomic E-state index is 0.00193. The molecule has 3 rings (SSSR count). The first-order valence-electron chi connectivity index (χ1n) is 9.78. The normalized spacial score (nSPS) is 24.1. The smallest absolute Gasteiger partial charge is 0.440 e. The molecular weight excluding hydrogens is 450 g/mol. The number of oxime groups is 1. The fourth-order valence-corrected chi connectivity index (χ4v) is 3.42. The highest BCUT2D eigenvalue weighted by Crippen LogP contribution is 2.42. The first-order chi connectivity index (χ1) is 15.6. The largest absolute Gasteiger partial charge is 0.463 e. The summed E-state index contributed by atoms with van der Waals surface area (Å²) < 4.78 is 66.0. The Morgan fingerprint density at radius 2 is 2.09 bits per heavy atom. The van der Waals surface area contributed by atoms with E-state index < -0.39 is 53.6 Å². The minimum Gasteiger partial charge on any atom is -0.463 e. The second-order valence-corrected chi connectivity index (χ2v) is 7.38. The summed E-state index contributed by atoms with van der Waals surface area (Å²) in [4.78, 5) is 29.3. The average Bonchev–Trinajstić information content (AvgIpc) is 3.42. The van der Waals surface area contributed by atoms with Crippen molar-refractivity contribution < 1.29 is 41.5 Å². The molecule has 0 bridgehead atoms. The third-order valence-corrected chi connectivity index (χ3v) is 5.22. The van der Waals surface area contributed by atoms with E-state index in [1.807, 2.05) is 0 Å². The van der Waals surface area contributed by atoms with Gasteiger partial charge in [0.05, 0.1) is 30.2 Å². The second kappa shape index (κ2) is 9.58. The lowest BCUT2D eigenvalue weighted by Crippen LogP contribution is -2.58. The van der Waals surface area contributed by atoms with Gasteiger partial charge in [0.2, 0.25) is 0 Å².